The SMILES string of the molecule is Cn1nccc1/C=C/C(=O)N1CCC[C@H](Cc2cccc(Nc3ccccn3)n2)C1. The number of piperidine rings is 1. The number of nitrogens with one attached hydrogen (secondary N) is 1. The predicted molar refractivity (Wildman–Crippen MR) is 117 cm³/mol. The minimum atomic E-state index is 0.0550. The third-order valence-electron chi connectivity index (χ3n) is 5.31. The average Bonchev–Trinajstić information content (AvgIpc) is 3.18. The second kappa shape index (κ2) is 9.35. The number of carbonyl (C=O) groups is 1. The molecular weight excluding hydrogens is 376 g/mol. The summed E-state index contributed by atoms with van der Waals surface area (Å²) in [5.41, 5.74) is 1.94. The minimum absolute atomic E-state index is 0.0550. The highest BCUT2D eigenvalue weighted by Gasteiger charge is 2.23. The summed E-state index contributed by atoms with van der Waals surface area (Å²) in [5.74, 6) is 2.02. The van der Waals surface area contributed by atoms with Crippen LogP contribution in [0.2, 0.25) is 0 Å². The zero-order valence-electron chi connectivity index (χ0n) is 17.1. The largest absolute Gasteiger partial charge is 0.339 e. The molecule has 1 saturated heterocycles. The number of carbonyl (C=O) groups excluding carboxylic acids is 1. The van der Waals surface area contributed by atoms with Crippen molar-refractivity contribution in [3.05, 3.63) is 72.3 Å². The van der Waals surface area contributed by atoms with Crippen molar-refractivity contribution in [2.24, 2.45) is 13.0 Å². The van der Waals surface area contributed by atoms with Gasteiger partial charge in [-0.1, -0.05) is 12.1 Å². The van der Waals surface area contributed by atoms with Crippen LogP contribution in [0.25, 0.3) is 6.08 Å². The Morgan fingerprint density at radius 2 is 2.07 bits per heavy atom. The summed E-state index contributed by atoms with van der Waals surface area (Å²) < 4.78 is 1.75. The molecule has 0 saturated carbocycles. The van der Waals surface area contributed by atoms with Gasteiger partial charge in [0, 0.05) is 44.3 Å². The van der Waals surface area contributed by atoms with E-state index < -0.39 is 0 Å². The molecule has 1 aliphatic rings. The van der Waals surface area contributed by atoms with Crippen molar-refractivity contribution in [3.8, 4) is 0 Å². The van der Waals surface area contributed by atoms with E-state index in [1.165, 1.54) is 0 Å². The Bertz CT molecular complexity index is 1010. The van der Waals surface area contributed by atoms with Gasteiger partial charge in [0.25, 0.3) is 0 Å². The maximum Gasteiger partial charge on any atom is 0.246 e. The summed E-state index contributed by atoms with van der Waals surface area (Å²) in [7, 11) is 1.87. The standard InChI is InChI=1S/C23H26N6O/c1-28-20(12-14-25-28)10-11-23(30)29-15-5-6-18(17-29)16-19-7-4-9-22(26-19)27-21-8-2-3-13-24-21/h2-4,7-14,18H,5-6,15-17H2,1H3,(H,24,26,27)/b11-10+/t18-/m1/s1. The van der Waals surface area contributed by atoms with E-state index >= 15 is 0 Å². The molecule has 30 heavy (non-hydrogen) atoms. The lowest BCUT2D eigenvalue weighted by molar-refractivity contribution is -0.127. The molecule has 4 heterocycles. The molecule has 1 amide bonds. The van der Waals surface area contributed by atoms with Crippen LogP contribution in [-0.4, -0.2) is 43.6 Å². The lowest BCUT2D eigenvalue weighted by Crippen LogP contribution is -2.39. The lowest BCUT2D eigenvalue weighted by atomic mass is 9.93. The van der Waals surface area contributed by atoms with Gasteiger partial charge < -0.3 is 10.2 Å². The predicted octanol–water partition coefficient (Wildman–Crippen LogP) is 3.45. The molecule has 1 atom stereocenters. The van der Waals surface area contributed by atoms with Gasteiger partial charge in [0.2, 0.25) is 5.91 Å². The van der Waals surface area contributed by atoms with E-state index in [0.717, 1.165) is 55.4 Å². The summed E-state index contributed by atoms with van der Waals surface area (Å²) in [4.78, 5) is 23.6. The number of likely N-dealkylation sites (tertiary alicyclic amines) is 1. The quantitative estimate of drug-likeness (QED) is 0.639. The van der Waals surface area contributed by atoms with Crippen molar-refractivity contribution in [3.63, 3.8) is 0 Å². The number of aryl methyl sites for hydroxylation is 1. The number of amides is 1. The smallest absolute Gasteiger partial charge is 0.246 e. The average molecular weight is 403 g/mol. The fourth-order valence-electron chi connectivity index (χ4n) is 3.77. The molecule has 0 bridgehead atoms. The van der Waals surface area contributed by atoms with Gasteiger partial charge in [0.15, 0.2) is 0 Å². The molecule has 0 aromatic carbocycles. The van der Waals surface area contributed by atoms with Crippen LogP contribution in [0, 0.1) is 5.92 Å². The van der Waals surface area contributed by atoms with Gasteiger partial charge in [-0.15, -0.1) is 0 Å². The molecule has 7 nitrogen and oxygen atoms in total. The molecule has 1 fully saturated rings. The van der Waals surface area contributed by atoms with Crippen LogP contribution in [0.3, 0.4) is 0 Å². The summed E-state index contributed by atoms with van der Waals surface area (Å²) in [6.07, 6.45) is 9.93. The highest BCUT2D eigenvalue weighted by molar-refractivity contribution is 5.91. The van der Waals surface area contributed by atoms with Crippen LogP contribution in [0.4, 0.5) is 11.6 Å². The van der Waals surface area contributed by atoms with Gasteiger partial charge >= 0.3 is 0 Å². The molecule has 0 unspecified atom stereocenters. The summed E-state index contributed by atoms with van der Waals surface area (Å²) in [5, 5.41) is 7.36. The molecule has 0 radical (unpaired) electrons. The maximum absolute atomic E-state index is 12.6. The van der Waals surface area contributed by atoms with Crippen molar-refractivity contribution < 1.29 is 4.79 Å². The van der Waals surface area contributed by atoms with Gasteiger partial charge in [-0.05, 0) is 61.6 Å². The van der Waals surface area contributed by atoms with Crippen molar-refractivity contribution in [2.75, 3.05) is 18.4 Å². The minimum Gasteiger partial charge on any atom is -0.339 e. The van der Waals surface area contributed by atoms with E-state index in [0.29, 0.717) is 5.92 Å². The topological polar surface area (TPSA) is 75.9 Å². The van der Waals surface area contributed by atoms with Crippen LogP contribution in [0.1, 0.15) is 24.2 Å². The molecule has 3 aromatic rings. The Morgan fingerprint density at radius 1 is 1.17 bits per heavy atom. The van der Waals surface area contributed by atoms with Crippen LogP contribution >= 0.6 is 0 Å². The molecule has 4 rings (SSSR count). The first-order valence-electron chi connectivity index (χ1n) is 10.3. The first-order valence-corrected chi connectivity index (χ1v) is 10.3. The van der Waals surface area contributed by atoms with Crippen molar-refractivity contribution in [2.45, 2.75) is 19.3 Å². The molecular formula is C23H26N6O. The third kappa shape index (κ3) is 5.11. The van der Waals surface area contributed by atoms with E-state index in [9.17, 15) is 4.79 Å². The van der Waals surface area contributed by atoms with E-state index in [1.807, 2.05) is 60.5 Å². The van der Waals surface area contributed by atoms with Gasteiger partial charge in [-0.3, -0.25) is 9.48 Å². The fourth-order valence-corrected chi connectivity index (χ4v) is 3.77. The van der Waals surface area contributed by atoms with Gasteiger partial charge in [0.05, 0.1) is 5.69 Å². The second-order valence-corrected chi connectivity index (χ2v) is 7.56. The second-order valence-electron chi connectivity index (χ2n) is 7.56. The third-order valence-corrected chi connectivity index (χ3v) is 5.31. The van der Waals surface area contributed by atoms with Crippen molar-refractivity contribution >= 4 is 23.6 Å². The van der Waals surface area contributed by atoms with Gasteiger partial charge in [-0.25, -0.2) is 9.97 Å². The number of hydrogen-bond acceptors (Lipinski definition) is 5. The lowest BCUT2D eigenvalue weighted by Gasteiger charge is -2.32. The van der Waals surface area contributed by atoms with Crippen molar-refractivity contribution in [1.82, 2.24) is 24.6 Å². The van der Waals surface area contributed by atoms with Crippen LogP contribution in [0.5, 0.6) is 0 Å². The summed E-state index contributed by atoms with van der Waals surface area (Å²) >= 11 is 0. The Balaban J connectivity index is 1.36. The zero-order chi connectivity index (χ0) is 20.8. The normalized spacial score (nSPS) is 16.7. The molecule has 0 spiro atoms. The fraction of sp³-hybridized carbons (Fsp3) is 0.304. The molecule has 7 heteroatoms. The number of aromatic nitrogens is 4. The number of nitrogens with zero attached hydrogens (tertiary/aromatic N) is 5. The monoisotopic (exact) mass is 402 g/mol. The Hall–Kier alpha value is -3.48. The van der Waals surface area contributed by atoms with Crippen molar-refractivity contribution in [1.29, 1.82) is 0 Å². The Kier molecular flexibility index (Phi) is 6.17. The maximum atomic E-state index is 12.6. The Labute approximate surface area is 176 Å². The van der Waals surface area contributed by atoms with Gasteiger partial charge in [0.1, 0.15) is 11.6 Å². The van der Waals surface area contributed by atoms with Crippen LogP contribution in [-0.2, 0) is 18.3 Å². The van der Waals surface area contributed by atoms with E-state index in [-0.39, 0.29) is 5.91 Å². The van der Waals surface area contributed by atoms with Gasteiger partial charge in [-0.2, -0.15) is 5.10 Å². The first kappa shape index (κ1) is 19.8. The summed E-state index contributed by atoms with van der Waals surface area (Å²) in [6, 6.07) is 13.6. The highest BCUT2D eigenvalue weighted by Crippen LogP contribution is 2.22. The molecule has 1 aliphatic heterocycles. The molecule has 154 valence electrons. The molecule has 1 N–H and O–H groups in total. The van der Waals surface area contributed by atoms with E-state index in [1.54, 1.807) is 23.2 Å². The van der Waals surface area contributed by atoms with E-state index in [4.69, 9.17) is 4.98 Å². The van der Waals surface area contributed by atoms with E-state index in [2.05, 4.69) is 15.4 Å². The first-order chi connectivity index (χ1) is 14.7. The number of rotatable bonds is 6. The van der Waals surface area contributed by atoms with Crippen LogP contribution < -0.4 is 5.32 Å². The highest BCUT2D eigenvalue weighted by atomic mass is 16.2. The molecule has 0 aliphatic carbocycles. The molecule has 3 aromatic heterocycles. The Morgan fingerprint density at radius 3 is 2.87 bits per heavy atom. The number of pyridine rings is 2. The van der Waals surface area contributed by atoms with Crippen LogP contribution in [0.15, 0.2) is 60.9 Å². The number of anilines is 2. The summed E-state index contributed by atoms with van der Waals surface area (Å²) in [6.45, 7) is 1.56. The zero-order valence-corrected chi connectivity index (χ0v) is 17.1. The number of hydrogen-bond donors (Lipinski definition) is 1.